The first-order valence-electron chi connectivity index (χ1n) is 6.89. The molecule has 23 heavy (non-hydrogen) atoms. The maximum atomic E-state index is 11.0. The summed E-state index contributed by atoms with van der Waals surface area (Å²) < 4.78 is 5.84. The molecule has 0 saturated carbocycles. The van der Waals surface area contributed by atoms with Crippen LogP contribution in [-0.2, 0) is 6.61 Å². The van der Waals surface area contributed by atoms with E-state index >= 15 is 0 Å². The molecule has 0 fully saturated rings. The normalized spacial score (nSPS) is 10.5. The molecule has 0 aliphatic heterocycles. The third-order valence-electron chi connectivity index (χ3n) is 3.26. The lowest BCUT2D eigenvalue weighted by Gasteiger charge is -2.10. The molecule has 0 aliphatic rings. The van der Waals surface area contributed by atoms with Crippen molar-refractivity contribution in [2.75, 3.05) is 0 Å². The second-order valence-electron chi connectivity index (χ2n) is 4.89. The molecule has 5 nitrogen and oxygen atoms in total. The van der Waals surface area contributed by atoms with E-state index in [9.17, 15) is 4.79 Å². The molecule has 6 heteroatoms. The largest absolute Gasteiger partial charge is 0.488 e. The highest BCUT2D eigenvalue weighted by Crippen LogP contribution is 2.32. The first kappa shape index (κ1) is 15.1. The molecule has 3 aromatic rings. The van der Waals surface area contributed by atoms with Crippen molar-refractivity contribution >= 4 is 17.6 Å². The number of aromatic amines is 1. The minimum absolute atomic E-state index is 0.00832. The zero-order valence-electron chi connectivity index (χ0n) is 12.0. The summed E-state index contributed by atoms with van der Waals surface area (Å²) in [4.78, 5) is 11.0. The number of aromatic carboxylic acids is 1. The Kier molecular flexibility index (Phi) is 4.30. The van der Waals surface area contributed by atoms with Gasteiger partial charge in [0.05, 0.1) is 5.69 Å². The number of nitrogens with one attached hydrogen (secondary N) is 1. The van der Waals surface area contributed by atoms with Gasteiger partial charge in [0.2, 0.25) is 0 Å². The Labute approximate surface area is 137 Å². The highest BCUT2D eigenvalue weighted by atomic mass is 35.5. The van der Waals surface area contributed by atoms with Crippen LogP contribution in [0.1, 0.15) is 16.1 Å². The molecule has 2 N–H and O–H groups in total. The maximum Gasteiger partial charge on any atom is 0.353 e. The molecule has 0 aliphatic carbocycles. The Balaban J connectivity index is 1.89. The average molecular weight is 329 g/mol. The van der Waals surface area contributed by atoms with Gasteiger partial charge in [0.1, 0.15) is 18.1 Å². The molecular formula is C17H13ClN2O3. The van der Waals surface area contributed by atoms with Gasteiger partial charge >= 0.3 is 5.97 Å². The number of halogens is 1. The molecule has 0 saturated heterocycles. The van der Waals surface area contributed by atoms with Crippen LogP contribution in [0.4, 0.5) is 0 Å². The van der Waals surface area contributed by atoms with Crippen LogP contribution in [-0.4, -0.2) is 21.3 Å². The quantitative estimate of drug-likeness (QED) is 0.742. The molecule has 0 atom stereocenters. The summed E-state index contributed by atoms with van der Waals surface area (Å²) in [5.74, 6) is -0.487. The molecule has 2 aromatic carbocycles. The zero-order chi connectivity index (χ0) is 16.2. The van der Waals surface area contributed by atoms with Crippen LogP contribution in [0.2, 0.25) is 5.02 Å². The fourth-order valence-electron chi connectivity index (χ4n) is 2.13. The van der Waals surface area contributed by atoms with Gasteiger partial charge in [-0.05, 0) is 29.8 Å². The number of nitrogens with zero attached hydrogens (tertiary/aromatic N) is 1. The van der Waals surface area contributed by atoms with Crippen LogP contribution >= 0.6 is 11.6 Å². The van der Waals surface area contributed by atoms with Crippen LogP contribution in [0.25, 0.3) is 11.3 Å². The van der Waals surface area contributed by atoms with Crippen LogP contribution in [0.3, 0.4) is 0 Å². The number of carbonyl (C=O) groups is 1. The van der Waals surface area contributed by atoms with Gasteiger partial charge in [0, 0.05) is 10.6 Å². The van der Waals surface area contributed by atoms with Gasteiger partial charge in [-0.3, -0.25) is 5.10 Å². The predicted octanol–water partition coefficient (Wildman–Crippen LogP) is 4.01. The standard InChI is InChI=1S/C17H13ClN2O3/c18-12-6-7-16(23-10-11-4-2-1-3-5-11)13(8-12)14-9-15(17(21)22)20-19-14/h1-9H,10H2,(H,19,20)(H,21,22). The first-order valence-corrected chi connectivity index (χ1v) is 7.26. The van der Waals surface area contributed by atoms with Gasteiger partial charge in [0.15, 0.2) is 0 Å². The molecule has 0 bridgehead atoms. The SMILES string of the molecule is O=C(O)c1cc(-c2cc(Cl)ccc2OCc2ccccc2)n[nH]1. The number of hydrogen-bond acceptors (Lipinski definition) is 3. The van der Waals surface area contributed by atoms with Gasteiger partial charge in [0.25, 0.3) is 0 Å². The predicted molar refractivity (Wildman–Crippen MR) is 86.8 cm³/mol. The van der Waals surface area contributed by atoms with Gasteiger partial charge in [-0.1, -0.05) is 41.9 Å². The van der Waals surface area contributed by atoms with E-state index in [1.54, 1.807) is 18.2 Å². The highest BCUT2D eigenvalue weighted by molar-refractivity contribution is 6.31. The lowest BCUT2D eigenvalue weighted by Crippen LogP contribution is -1.97. The molecule has 1 heterocycles. The van der Waals surface area contributed by atoms with Gasteiger partial charge in [-0.15, -0.1) is 0 Å². The van der Waals surface area contributed by atoms with Gasteiger partial charge in [-0.2, -0.15) is 5.10 Å². The highest BCUT2D eigenvalue weighted by Gasteiger charge is 2.14. The van der Waals surface area contributed by atoms with E-state index in [4.69, 9.17) is 21.4 Å². The summed E-state index contributed by atoms with van der Waals surface area (Å²) in [7, 11) is 0. The van der Waals surface area contributed by atoms with Gasteiger partial charge in [-0.25, -0.2) is 4.79 Å². The molecular weight excluding hydrogens is 316 g/mol. The van der Waals surface area contributed by atoms with E-state index in [0.717, 1.165) is 5.56 Å². The number of benzene rings is 2. The lowest BCUT2D eigenvalue weighted by atomic mass is 10.1. The Hall–Kier alpha value is -2.79. The van der Waals surface area contributed by atoms with Crippen molar-refractivity contribution in [1.29, 1.82) is 0 Å². The van der Waals surface area contributed by atoms with E-state index < -0.39 is 5.97 Å². The minimum atomic E-state index is -1.07. The summed E-state index contributed by atoms with van der Waals surface area (Å²) in [6, 6.07) is 16.4. The van der Waals surface area contributed by atoms with Crippen molar-refractivity contribution in [3.8, 4) is 17.0 Å². The van der Waals surface area contributed by atoms with E-state index in [2.05, 4.69) is 10.2 Å². The Bertz CT molecular complexity index is 831. The van der Waals surface area contributed by atoms with Crippen molar-refractivity contribution in [1.82, 2.24) is 10.2 Å². The second kappa shape index (κ2) is 6.54. The number of carboxylic acid groups (broad SMARTS) is 1. The third-order valence-corrected chi connectivity index (χ3v) is 3.50. The van der Waals surface area contributed by atoms with Crippen LogP contribution in [0.15, 0.2) is 54.6 Å². The Morgan fingerprint density at radius 3 is 2.65 bits per heavy atom. The van der Waals surface area contributed by atoms with E-state index in [-0.39, 0.29) is 5.69 Å². The number of rotatable bonds is 5. The van der Waals surface area contributed by atoms with E-state index in [0.29, 0.717) is 28.6 Å². The van der Waals surface area contributed by atoms with Crippen molar-refractivity contribution in [2.24, 2.45) is 0 Å². The fraction of sp³-hybridized carbons (Fsp3) is 0.0588. The van der Waals surface area contributed by atoms with Crippen molar-refractivity contribution in [3.63, 3.8) is 0 Å². The topological polar surface area (TPSA) is 75.2 Å². The van der Waals surface area contributed by atoms with Crippen molar-refractivity contribution < 1.29 is 14.6 Å². The first-order chi connectivity index (χ1) is 11.1. The van der Waals surface area contributed by atoms with Crippen LogP contribution in [0, 0.1) is 0 Å². The molecule has 0 radical (unpaired) electrons. The number of aromatic nitrogens is 2. The summed E-state index contributed by atoms with van der Waals surface area (Å²) in [5, 5.41) is 16.0. The number of ether oxygens (including phenoxy) is 1. The van der Waals surface area contributed by atoms with Crippen LogP contribution < -0.4 is 4.74 Å². The molecule has 0 amide bonds. The number of H-pyrrole nitrogens is 1. The smallest absolute Gasteiger partial charge is 0.353 e. The number of hydrogen-bond donors (Lipinski definition) is 2. The minimum Gasteiger partial charge on any atom is -0.488 e. The Morgan fingerprint density at radius 1 is 1.17 bits per heavy atom. The molecule has 0 unspecified atom stereocenters. The van der Waals surface area contributed by atoms with Crippen molar-refractivity contribution in [2.45, 2.75) is 6.61 Å². The van der Waals surface area contributed by atoms with Gasteiger partial charge < -0.3 is 9.84 Å². The summed E-state index contributed by atoms with van der Waals surface area (Å²) in [5.41, 5.74) is 2.14. The molecule has 3 rings (SSSR count). The molecule has 1 aromatic heterocycles. The zero-order valence-corrected chi connectivity index (χ0v) is 12.7. The molecule has 116 valence electrons. The van der Waals surface area contributed by atoms with Crippen LogP contribution in [0.5, 0.6) is 5.75 Å². The third kappa shape index (κ3) is 3.52. The monoisotopic (exact) mass is 328 g/mol. The Morgan fingerprint density at radius 2 is 1.96 bits per heavy atom. The summed E-state index contributed by atoms with van der Waals surface area (Å²) >= 11 is 6.04. The van der Waals surface area contributed by atoms with E-state index in [1.165, 1.54) is 6.07 Å². The summed E-state index contributed by atoms with van der Waals surface area (Å²) in [6.07, 6.45) is 0. The van der Waals surface area contributed by atoms with Crippen molar-refractivity contribution in [3.05, 3.63) is 70.9 Å². The molecule has 0 spiro atoms. The second-order valence-corrected chi connectivity index (χ2v) is 5.32. The lowest BCUT2D eigenvalue weighted by molar-refractivity contribution is 0.0690. The fourth-order valence-corrected chi connectivity index (χ4v) is 2.30. The maximum absolute atomic E-state index is 11.0. The van der Waals surface area contributed by atoms with E-state index in [1.807, 2.05) is 30.3 Å². The average Bonchev–Trinajstić information content (AvgIpc) is 3.05. The summed E-state index contributed by atoms with van der Waals surface area (Å²) in [6.45, 7) is 0.395. The number of carboxylic acids is 1.